The minimum Gasteiger partial charge on any atom is -0.658 e. The number of fused-ring (bicyclic) bond motifs is 1. The van der Waals surface area contributed by atoms with Gasteiger partial charge >= 0.3 is 0 Å². The molecule has 1 atom stereocenters. The Kier molecular flexibility index (Phi) is 9.98. The molecule has 0 spiro atoms. The number of pyridine rings is 1. The molecule has 0 saturated carbocycles. The van der Waals surface area contributed by atoms with Crippen LogP contribution in [-0.4, -0.2) is 26.7 Å². The molecule has 0 saturated heterocycles. The Morgan fingerprint density at radius 3 is 2.60 bits per heavy atom. The summed E-state index contributed by atoms with van der Waals surface area (Å²) in [6.45, 7) is 5.11. The summed E-state index contributed by atoms with van der Waals surface area (Å²) in [5.41, 5.74) is 9.64. The number of hydrogen-bond donors (Lipinski definition) is 2. The summed E-state index contributed by atoms with van der Waals surface area (Å²) in [5, 5.41) is 13.0. The minimum absolute atomic E-state index is 0. The molecule has 1 aliphatic heterocycles. The third kappa shape index (κ3) is 6.76. The van der Waals surface area contributed by atoms with Crippen LogP contribution in [0.2, 0.25) is 0 Å². The van der Waals surface area contributed by atoms with Crippen molar-refractivity contribution < 1.29 is 42.3 Å². The molecule has 3 heterocycles. The van der Waals surface area contributed by atoms with Gasteiger partial charge in [0.05, 0.1) is 11.4 Å². The molecule has 1 unspecified atom stereocenters. The average molecular weight is 545 g/mol. The van der Waals surface area contributed by atoms with Crippen molar-refractivity contribution in [2.45, 2.75) is 33.0 Å². The fourth-order valence-corrected chi connectivity index (χ4v) is 3.82. The van der Waals surface area contributed by atoms with E-state index in [0.717, 1.165) is 46.9 Å². The van der Waals surface area contributed by atoms with Gasteiger partial charge in [-0.3, -0.25) is 15.7 Å². The predicted octanol–water partition coefficient (Wildman–Crippen LogP) is 6.46. The summed E-state index contributed by atoms with van der Waals surface area (Å²) in [6.07, 6.45) is 3.46. The van der Waals surface area contributed by atoms with Gasteiger partial charge in [-0.05, 0) is 61.2 Å². The van der Waals surface area contributed by atoms with Gasteiger partial charge < -0.3 is 5.32 Å². The standard InChI is InChI=1S/C19H17N4.C8H10FNO.Y/c1-13-5-2-3-7-15(13)18-16-12-21-10-8-17(16)22-19(23-18)14-6-4-9-20-11-14;1-6(9)7-3-2-4-8(5-7)10-11;/h2-7,9,11H,8,10,12H2,1H3;2-6,10-11H,1H3;/q-1;;. The monoisotopic (exact) mass is 545 g/mol. The molecule has 35 heavy (non-hydrogen) atoms. The van der Waals surface area contributed by atoms with Crippen LogP contribution in [0.4, 0.5) is 10.1 Å². The van der Waals surface area contributed by atoms with E-state index < -0.39 is 6.17 Å². The summed E-state index contributed by atoms with van der Waals surface area (Å²) in [6, 6.07) is 18.9. The summed E-state index contributed by atoms with van der Waals surface area (Å²) < 4.78 is 12.6. The van der Waals surface area contributed by atoms with Crippen molar-refractivity contribution >= 4 is 5.69 Å². The molecule has 0 bridgehead atoms. The Labute approximate surface area is 230 Å². The summed E-state index contributed by atoms with van der Waals surface area (Å²) in [4.78, 5) is 13.9. The quantitative estimate of drug-likeness (QED) is 0.288. The zero-order valence-corrected chi connectivity index (χ0v) is 22.7. The molecule has 0 amide bonds. The van der Waals surface area contributed by atoms with Crippen LogP contribution in [-0.2, 0) is 45.7 Å². The van der Waals surface area contributed by atoms with Crippen LogP contribution in [0.3, 0.4) is 0 Å². The number of halogens is 1. The van der Waals surface area contributed by atoms with Gasteiger partial charge in [0.1, 0.15) is 6.17 Å². The van der Waals surface area contributed by atoms with Crippen LogP contribution in [0.5, 0.6) is 0 Å². The molecule has 177 valence electrons. The molecule has 4 aromatic rings. The molecule has 2 aromatic heterocycles. The number of hydrogen-bond acceptors (Lipinski definition) is 5. The molecule has 8 heteroatoms. The Balaban J connectivity index is 0.000000243. The zero-order chi connectivity index (χ0) is 23.9. The summed E-state index contributed by atoms with van der Waals surface area (Å²) >= 11 is 0. The third-order valence-corrected chi connectivity index (χ3v) is 5.66. The van der Waals surface area contributed by atoms with Gasteiger partial charge in [0.15, 0.2) is 5.82 Å². The Morgan fingerprint density at radius 1 is 1.06 bits per heavy atom. The van der Waals surface area contributed by atoms with Crippen molar-refractivity contribution in [2.24, 2.45) is 0 Å². The summed E-state index contributed by atoms with van der Waals surface area (Å²) in [5.74, 6) is 0.747. The number of alkyl halides is 1. The molecule has 1 aliphatic rings. The Hall–Kier alpha value is -2.58. The molecule has 2 N–H and O–H groups in total. The first-order valence-corrected chi connectivity index (χ1v) is 11.2. The van der Waals surface area contributed by atoms with Gasteiger partial charge in [-0.1, -0.05) is 36.4 Å². The number of aromatic nitrogens is 3. The van der Waals surface area contributed by atoms with Crippen LogP contribution in [0.25, 0.3) is 28.0 Å². The van der Waals surface area contributed by atoms with Crippen molar-refractivity contribution in [2.75, 3.05) is 12.0 Å². The van der Waals surface area contributed by atoms with E-state index in [1.54, 1.807) is 30.5 Å². The fourth-order valence-electron chi connectivity index (χ4n) is 3.82. The van der Waals surface area contributed by atoms with E-state index in [0.29, 0.717) is 17.8 Å². The Bertz CT molecular complexity index is 1250. The Morgan fingerprint density at radius 2 is 1.89 bits per heavy atom. The SMILES string of the molecule is CC(F)c1cccc(NO)c1.Cc1ccccc1-c1nc(-c2cccnc2)nc2c1C[N-]CC2.[Y]. The maximum Gasteiger partial charge on any atom is 0.161 e. The van der Waals surface area contributed by atoms with Crippen molar-refractivity contribution in [3.05, 3.63) is 101 Å². The van der Waals surface area contributed by atoms with E-state index in [2.05, 4.69) is 41.5 Å². The number of anilines is 1. The average Bonchev–Trinajstić information content (AvgIpc) is 2.89. The van der Waals surface area contributed by atoms with E-state index in [4.69, 9.17) is 15.2 Å². The first kappa shape index (κ1) is 27.0. The molecule has 2 aromatic carbocycles. The zero-order valence-electron chi connectivity index (χ0n) is 19.8. The molecule has 0 aliphatic carbocycles. The number of rotatable bonds is 4. The summed E-state index contributed by atoms with van der Waals surface area (Å²) in [7, 11) is 0. The number of aryl methyl sites for hydroxylation is 1. The van der Waals surface area contributed by atoms with Crippen molar-refractivity contribution in [3.8, 4) is 22.6 Å². The van der Waals surface area contributed by atoms with Crippen molar-refractivity contribution in [3.63, 3.8) is 0 Å². The van der Waals surface area contributed by atoms with E-state index in [-0.39, 0.29) is 32.7 Å². The second-order valence-electron chi connectivity index (χ2n) is 8.09. The molecule has 5 rings (SSSR count). The van der Waals surface area contributed by atoms with Crippen LogP contribution < -0.4 is 5.48 Å². The molecular weight excluding hydrogens is 518 g/mol. The van der Waals surface area contributed by atoms with Crippen LogP contribution in [0.1, 0.15) is 35.5 Å². The van der Waals surface area contributed by atoms with Crippen LogP contribution in [0, 0.1) is 6.92 Å². The van der Waals surface area contributed by atoms with E-state index in [9.17, 15) is 4.39 Å². The maximum atomic E-state index is 12.6. The maximum absolute atomic E-state index is 12.6. The normalized spacial score (nSPS) is 12.9. The first-order valence-electron chi connectivity index (χ1n) is 11.2. The fraction of sp³-hybridized carbons (Fsp3) is 0.222. The molecule has 0 fully saturated rings. The van der Waals surface area contributed by atoms with Crippen LogP contribution >= 0.6 is 0 Å². The number of benzene rings is 2. The smallest absolute Gasteiger partial charge is 0.161 e. The van der Waals surface area contributed by atoms with E-state index >= 15 is 0 Å². The molecule has 6 nitrogen and oxygen atoms in total. The second-order valence-corrected chi connectivity index (χ2v) is 8.09. The van der Waals surface area contributed by atoms with E-state index in [1.165, 1.54) is 12.5 Å². The number of nitrogens with one attached hydrogen (secondary N) is 1. The second kappa shape index (κ2) is 12.9. The van der Waals surface area contributed by atoms with Crippen molar-refractivity contribution in [1.29, 1.82) is 0 Å². The van der Waals surface area contributed by atoms with Gasteiger partial charge in [0, 0.05) is 61.9 Å². The van der Waals surface area contributed by atoms with Crippen molar-refractivity contribution in [1.82, 2.24) is 15.0 Å². The minimum atomic E-state index is -0.997. The molecular formula is C27H27FN5OY-. The van der Waals surface area contributed by atoms with Gasteiger partial charge in [-0.25, -0.2) is 14.4 Å². The first-order chi connectivity index (χ1) is 16.6. The largest absolute Gasteiger partial charge is 0.658 e. The van der Waals surface area contributed by atoms with Gasteiger partial charge in [0.25, 0.3) is 0 Å². The van der Waals surface area contributed by atoms with Crippen LogP contribution in [0.15, 0.2) is 73.1 Å². The van der Waals surface area contributed by atoms with Gasteiger partial charge in [-0.2, -0.15) is 0 Å². The van der Waals surface area contributed by atoms with E-state index in [1.807, 2.05) is 23.8 Å². The molecule has 1 radical (unpaired) electrons. The number of nitrogens with zero attached hydrogens (tertiary/aromatic N) is 4. The predicted molar refractivity (Wildman–Crippen MR) is 132 cm³/mol. The topological polar surface area (TPSA) is 85.0 Å². The third-order valence-electron chi connectivity index (χ3n) is 5.66. The van der Waals surface area contributed by atoms with Gasteiger partial charge in [-0.15, -0.1) is 13.1 Å². The van der Waals surface area contributed by atoms with Gasteiger partial charge in [0.2, 0.25) is 0 Å².